The molecular formula is C12H23N3OS. The molecule has 1 atom stereocenters. The Morgan fingerprint density at radius 3 is 2.71 bits per heavy atom. The van der Waals surface area contributed by atoms with E-state index >= 15 is 0 Å². The Labute approximate surface area is 109 Å². The summed E-state index contributed by atoms with van der Waals surface area (Å²) in [6, 6.07) is 0. The maximum Gasteiger partial charge on any atom is 0.234 e. The Kier molecular flexibility index (Phi) is 5.85. The van der Waals surface area contributed by atoms with E-state index in [4.69, 9.17) is 18.0 Å². The summed E-state index contributed by atoms with van der Waals surface area (Å²) in [4.78, 5) is 14.3. The van der Waals surface area contributed by atoms with Gasteiger partial charge in [0.15, 0.2) is 0 Å². The zero-order valence-corrected chi connectivity index (χ0v) is 11.6. The Balaban J connectivity index is 2.23. The molecule has 0 saturated heterocycles. The molecule has 1 unspecified atom stereocenters. The molecule has 0 aromatic carbocycles. The van der Waals surface area contributed by atoms with Crippen LogP contribution >= 0.6 is 12.2 Å². The second-order valence-corrected chi connectivity index (χ2v) is 5.35. The van der Waals surface area contributed by atoms with E-state index in [1.807, 2.05) is 13.8 Å². The molecule has 1 aliphatic carbocycles. The smallest absolute Gasteiger partial charge is 0.234 e. The van der Waals surface area contributed by atoms with E-state index in [9.17, 15) is 4.79 Å². The van der Waals surface area contributed by atoms with Gasteiger partial charge in [0.05, 0.1) is 11.5 Å². The monoisotopic (exact) mass is 257 g/mol. The molecule has 17 heavy (non-hydrogen) atoms. The number of hydrogen-bond donors (Lipinski definition) is 2. The Hall–Kier alpha value is -0.680. The molecule has 1 aliphatic rings. The quantitative estimate of drug-likeness (QED) is 0.630. The Morgan fingerprint density at radius 1 is 1.59 bits per heavy atom. The summed E-state index contributed by atoms with van der Waals surface area (Å²) in [5, 5.41) is 2.97. The number of carbonyl (C=O) groups excluding carboxylic acids is 1. The highest BCUT2D eigenvalue weighted by atomic mass is 32.1. The molecule has 0 radical (unpaired) electrons. The lowest BCUT2D eigenvalue weighted by molar-refractivity contribution is -0.122. The number of thiocarbonyl (C=S) groups is 1. The van der Waals surface area contributed by atoms with Crippen molar-refractivity contribution < 1.29 is 4.79 Å². The number of likely N-dealkylation sites (N-methyl/N-ethyl adjacent to an activating group) is 1. The molecule has 1 rings (SSSR count). The number of nitrogens with two attached hydrogens (primary N) is 1. The molecule has 0 bridgehead atoms. The molecular weight excluding hydrogens is 234 g/mol. The number of amides is 1. The van der Waals surface area contributed by atoms with E-state index in [-0.39, 0.29) is 11.8 Å². The summed E-state index contributed by atoms with van der Waals surface area (Å²) in [5.74, 6) is 0.986. The average Bonchev–Trinajstić information content (AvgIpc) is 3.08. The predicted molar refractivity (Wildman–Crippen MR) is 73.8 cm³/mol. The Bertz CT molecular complexity index is 279. The van der Waals surface area contributed by atoms with Crippen molar-refractivity contribution in [3.63, 3.8) is 0 Å². The molecule has 1 fully saturated rings. The van der Waals surface area contributed by atoms with Crippen LogP contribution in [-0.4, -0.2) is 42.0 Å². The van der Waals surface area contributed by atoms with Crippen molar-refractivity contribution in [2.75, 3.05) is 26.2 Å². The highest BCUT2D eigenvalue weighted by Gasteiger charge is 2.22. The molecule has 0 aliphatic heterocycles. The fraction of sp³-hybridized carbons (Fsp3) is 0.833. The van der Waals surface area contributed by atoms with Gasteiger partial charge in [0.25, 0.3) is 0 Å². The van der Waals surface area contributed by atoms with Crippen LogP contribution in [0.15, 0.2) is 0 Å². The lowest BCUT2D eigenvalue weighted by atomic mass is 10.1. The van der Waals surface area contributed by atoms with E-state index in [2.05, 4.69) is 10.2 Å². The van der Waals surface area contributed by atoms with Crippen molar-refractivity contribution in [3.8, 4) is 0 Å². The number of nitrogens with zero attached hydrogens (tertiary/aromatic N) is 1. The average molecular weight is 257 g/mol. The maximum absolute atomic E-state index is 11.7. The minimum atomic E-state index is 0.105. The summed E-state index contributed by atoms with van der Waals surface area (Å²) in [5.41, 5.74) is 5.58. The number of rotatable bonds is 8. The minimum absolute atomic E-state index is 0.105. The van der Waals surface area contributed by atoms with Crippen molar-refractivity contribution in [1.29, 1.82) is 0 Å². The lowest BCUT2D eigenvalue weighted by Crippen LogP contribution is -2.41. The van der Waals surface area contributed by atoms with Gasteiger partial charge in [0, 0.05) is 19.0 Å². The first kappa shape index (κ1) is 14.4. The van der Waals surface area contributed by atoms with Crippen molar-refractivity contribution in [2.24, 2.45) is 17.6 Å². The van der Waals surface area contributed by atoms with Crippen LogP contribution in [0.2, 0.25) is 0 Å². The molecule has 0 aromatic heterocycles. The predicted octanol–water partition coefficient (Wildman–Crippen LogP) is 0.757. The van der Waals surface area contributed by atoms with Gasteiger partial charge in [0.2, 0.25) is 5.91 Å². The second-order valence-electron chi connectivity index (χ2n) is 4.88. The molecule has 3 N–H and O–H groups in total. The molecule has 1 saturated carbocycles. The Morgan fingerprint density at radius 2 is 2.24 bits per heavy atom. The van der Waals surface area contributed by atoms with Gasteiger partial charge in [-0.05, 0) is 25.3 Å². The molecule has 1 amide bonds. The van der Waals surface area contributed by atoms with E-state index in [1.54, 1.807) is 0 Å². The summed E-state index contributed by atoms with van der Waals surface area (Å²) >= 11 is 4.94. The molecule has 4 nitrogen and oxygen atoms in total. The standard InChI is InChI=1S/C12H23N3OS/c1-3-15(7-9(2)12(13)17)8-11(16)14-6-10-4-5-10/h9-10H,3-8H2,1-2H3,(H2,13,17)(H,14,16). The van der Waals surface area contributed by atoms with Crippen LogP contribution < -0.4 is 11.1 Å². The fourth-order valence-corrected chi connectivity index (χ4v) is 1.70. The van der Waals surface area contributed by atoms with Gasteiger partial charge in [-0.15, -0.1) is 0 Å². The topological polar surface area (TPSA) is 58.4 Å². The lowest BCUT2D eigenvalue weighted by Gasteiger charge is -2.23. The van der Waals surface area contributed by atoms with Gasteiger partial charge in [-0.25, -0.2) is 0 Å². The fourth-order valence-electron chi connectivity index (χ4n) is 1.62. The van der Waals surface area contributed by atoms with Crippen LogP contribution in [0, 0.1) is 11.8 Å². The van der Waals surface area contributed by atoms with Crippen molar-refractivity contribution in [1.82, 2.24) is 10.2 Å². The van der Waals surface area contributed by atoms with E-state index < -0.39 is 0 Å². The van der Waals surface area contributed by atoms with E-state index in [0.717, 1.165) is 25.6 Å². The summed E-state index contributed by atoms with van der Waals surface area (Å²) < 4.78 is 0. The number of carbonyl (C=O) groups is 1. The highest BCUT2D eigenvalue weighted by molar-refractivity contribution is 7.80. The molecule has 98 valence electrons. The minimum Gasteiger partial charge on any atom is -0.393 e. The first-order valence-corrected chi connectivity index (χ1v) is 6.72. The third kappa shape index (κ3) is 5.98. The van der Waals surface area contributed by atoms with Gasteiger partial charge in [-0.2, -0.15) is 0 Å². The van der Waals surface area contributed by atoms with Crippen LogP contribution in [0.1, 0.15) is 26.7 Å². The van der Waals surface area contributed by atoms with E-state index in [1.165, 1.54) is 12.8 Å². The van der Waals surface area contributed by atoms with Crippen LogP contribution in [0.25, 0.3) is 0 Å². The number of hydrogen-bond acceptors (Lipinski definition) is 3. The molecule has 0 spiro atoms. The normalized spacial score (nSPS) is 16.9. The van der Waals surface area contributed by atoms with Gasteiger partial charge >= 0.3 is 0 Å². The van der Waals surface area contributed by atoms with Crippen molar-refractivity contribution >= 4 is 23.1 Å². The highest BCUT2D eigenvalue weighted by Crippen LogP contribution is 2.27. The third-order valence-corrected chi connectivity index (χ3v) is 3.52. The second kappa shape index (κ2) is 6.91. The molecule has 0 aromatic rings. The van der Waals surface area contributed by atoms with Crippen molar-refractivity contribution in [2.45, 2.75) is 26.7 Å². The van der Waals surface area contributed by atoms with Gasteiger partial charge < -0.3 is 11.1 Å². The summed E-state index contributed by atoms with van der Waals surface area (Å²) in [6.07, 6.45) is 2.52. The van der Waals surface area contributed by atoms with Crippen molar-refractivity contribution in [3.05, 3.63) is 0 Å². The first-order valence-electron chi connectivity index (χ1n) is 6.31. The molecule has 5 heteroatoms. The van der Waals surface area contributed by atoms with Gasteiger partial charge in [-0.1, -0.05) is 26.1 Å². The summed E-state index contributed by atoms with van der Waals surface area (Å²) in [7, 11) is 0. The van der Waals surface area contributed by atoms with Crippen LogP contribution in [0.5, 0.6) is 0 Å². The van der Waals surface area contributed by atoms with Gasteiger partial charge in [-0.3, -0.25) is 9.69 Å². The zero-order valence-electron chi connectivity index (χ0n) is 10.7. The maximum atomic E-state index is 11.7. The number of nitrogens with one attached hydrogen (secondary N) is 1. The molecule has 0 heterocycles. The van der Waals surface area contributed by atoms with Gasteiger partial charge in [0.1, 0.15) is 0 Å². The zero-order chi connectivity index (χ0) is 12.8. The largest absolute Gasteiger partial charge is 0.393 e. The van der Waals surface area contributed by atoms with Crippen LogP contribution in [0.4, 0.5) is 0 Å². The third-order valence-electron chi connectivity index (χ3n) is 3.12. The summed E-state index contributed by atoms with van der Waals surface area (Å²) in [6.45, 7) is 6.90. The van der Waals surface area contributed by atoms with Crippen LogP contribution in [0.3, 0.4) is 0 Å². The first-order chi connectivity index (χ1) is 8.02. The SMILES string of the molecule is CCN(CC(=O)NCC1CC1)CC(C)C(N)=S. The van der Waals surface area contributed by atoms with Crippen LogP contribution in [-0.2, 0) is 4.79 Å². The van der Waals surface area contributed by atoms with E-state index in [0.29, 0.717) is 11.5 Å².